The van der Waals surface area contributed by atoms with Gasteiger partial charge in [-0.05, 0) is 26.0 Å². The molecule has 1 aromatic rings. The molecule has 1 heterocycles. The van der Waals surface area contributed by atoms with Crippen LogP contribution in [-0.2, 0) is 19.1 Å². The van der Waals surface area contributed by atoms with Crippen molar-refractivity contribution in [1.82, 2.24) is 4.90 Å². The van der Waals surface area contributed by atoms with Crippen LogP contribution in [-0.4, -0.2) is 43.6 Å². The Bertz CT molecular complexity index is 709. The van der Waals surface area contributed by atoms with Crippen molar-refractivity contribution in [1.29, 1.82) is 0 Å². The predicted molar refractivity (Wildman–Crippen MR) is 87.3 cm³/mol. The molecule has 1 aliphatic heterocycles. The summed E-state index contributed by atoms with van der Waals surface area (Å²) in [6, 6.07) is 6.07. The van der Waals surface area contributed by atoms with Crippen molar-refractivity contribution >= 4 is 18.0 Å². The average molecular weight is 333 g/mol. The number of ether oxygens (including phenoxy) is 2. The number of carbonyl (C=O) groups is 2. The molecule has 0 atom stereocenters. The normalized spacial score (nSPS) is 16.2. The van der Waals surface area contributed by atoms with Gasteiger partial charge in [-0.2, -0.15) is 0 Å². The quantitative estimate of drug-likeness (QED) is 0.593. The van der Waals surface area contributed by atoms with Crippen molar-refractivity contribution in [3.63, 3.8) is 0 Å². The summed E-state index contributed by atoms with van der Waals surface area (Å²) in [5, 5.41) is 0. The molecule has 5 nitrogen and oxygen atoms in total. The van der Waals surface area contributed by atoms with Crippen LogP contribution in [0.1, 0.15) is 19.4 Å². The minimum atomic E-state index is -0.592. The van der Waals surface area contributed by atoms with Crippen LogP contribution < -0.4 is 0 Å². The average Bonchev–Trinajstić information content (AvgIpc) is 2.78. The van der Waals surface area contributed by atoms with Gasteiger partial charge in [0.2, 0.25) is 0 Å². The third-order valence-corrected chi connectivity index (χ3v) is 3.72. The van der Waals surface area contributed by atoms with E-state index in [1.54, 1.807) is 32.0 Å². The van der Waals surface area contributed by atoms with Crippen molar-refractivity contribution in [3.05, 3.63) is 52.5 Å². The first-order valence-corrected chi connectivity index (χ1v) is 7.66. The Morgan fingerprint density at radius 2 is 2.04 bits per heavy atom. The number of rotatable bonds is 6. The number of carbonyl (C=O) groups excluding carboxylic acids is 2. The van der Waals surface area contributed by atoms with E-state index < -0.39 is 11.8 Å². The van der Waals surface area contributed by atoms with Gasteiger partial charge in [0.05, 0.1) is 24.4 Å². The largest absolute Gasteiger partial charge is 0.462 e. The van der Waals surface area contributed by atoms with E-state index in [1.165, 1.54) is 24.2 Å². The van der Waals surface area contributed by atoms with Gasteiger partial charge in [0, 0.05) is 24.9 Å². The fourth-order valence-electron chi connectivity index (χ4n) is 2.53. The number of allylic oxidation sites excluding steroid dienone is 1. The lowest BCUT2D eigenvalue weighted by Gasteiger charge is -2.16. The lowest BCUT2D eigenvalue weighted by atomic mass is 10.0. The van der Waals surface area contributed by atoms with E-state index in [1.807, 2.05) is 0 Å². The minimum Gasteiger partial charge on any atom is -0.462 e. The molecule has 0 spiro atoms. The molecule has 0 unspecified atom stereocenters. The van der Waals surface area contributed by atoms with Gasteiger partial charge in [-0.1, -0.05) is 18.2 Å². The molecule has 1 aliphatic rings. The summed E-state index contributed by atoms with van der Waals surface area (Å²) in [5.41, 5.74) is 1.02. The highest BCUT2D eigenvalue weighted by molar-refractivity contribution is 6.16. The Labute approximate surface area is 140 Å². The van der Waals surface area contributed by atoms with E-state index in [0.29, 0.717) is 18.8 Å². The van der Waals surface area contributed by atoms with Crippen LogP contribution in [0.5, 0.6) is 0 Å². The molecular weight excluding hydrogens is 313 g/mol. The SMILES string of the molecule is CCOC(=O)C1=C(C)N(CCOC)C(=O)C1=Cc1ccccc1F. The summed E-state index contributed by atoms with van der Waals surface area (Å²) < 4.78 is 24.0. The fraction of sp³-hybridized carbons (Fsp3) is 0.333. The molecule has 0 bridgehead atoms. The molecule has 2 rings (SSSR count). The maximum atomic E-state index is 13.9. The number of hydrogen-bond acceptors (Lipinski definition) is 4. The highest BCUT2D eigenvalue weighted by Crippen LogP contribution is 2.31. The molecule has 24 heavy (non-hydrogen) atoms. The maximum Gasteiger partial charge on any atom is 0.340 e. The van der Waals surface area contributed by atoms with E-state index in [4.69, 9.17) is 9.47 Å². The van der Waals surface area contributed by atoms with Crippen molar-refractivity contribution in [3.8, 4) is 0 Å². The summed E-state index contributed by atoms with van der Waals surface area (Å²) >= 11 is 0. The molecule has 128 valence electrons. The second kappa shape index (κ2) is 7.88. The number of benzene rings is 1. The summed E-state index contributed by atoms with van der Waals surface area (Å²) in [6.07, 6.45) is 1.39. The molecule has 0 saturated carbocycles. The summed E-state index contributed by atoms with van der Waals surface area (Å²) in [6.45, 7) is 4.18. The Kier molecular flexibility index (Phi) is 5.87. The van der Waals surface area contributed by atoms with Crippen LogP contribution in [0.2, 0.25) is 0 Å². The van der Waals surface area contributed by atoms with Crippen LogP contribution in [0.3, 0.4) is 0 Å². The van der Waals surface area contributed by atoms with E-state index >= 15 is 0 Å². The number of amides is 1. The summed E-state index contributed by atoms with van der Waals surface area (Å²) in [5.74, 6) is -1.42. The van der Waals surface area contributed by atoms with Crippen LogP contribution >= 0.6 is 0 Å². The van der Waals surface area contributed by atoms with Gasteiger partial charge < -0.3 is 14.4 Å². The zero-order valence-corrected chi connectivity index (χ0v) is 14.0. The Balaban J connectivity index is 2.49. The smallest absolute Gasteiger partial charge is 0.340 e. The summed E-state index contributed by atoms with van der Waals surface area (Å²) in [7, 11) is 1.53. The minimum absolute atomic E-state index is 0.132. The molecule has 1 amide bonds. The highest BCUT2D eigenvalue weighted by Gasteiger charge is 2.37. The Hall–Kier alpha value is -2.47. The molecule has 0 N–H and O–H groups in total. The zero-order chi connectivity index (χ0) is 17.7. The Morgan fingerprint density at radius 1 is 1.33 bits per heavy atom. The maximum absolute atomic E-state index is 13.9. The van der Waals surface area contributed by atoms with Gasteiger partial charge in [-0.25, -0.2) is 9.18 Å². The first kappa shape index (κ1) is 17.9. The lowest BCUT2D eigenvalue weighted by Crippen LogP contribution is -2.28. The zero-order valence-electron chi connectivity index (χ0n) is 14.0. The third-order valence-electron chi connectivity index (χ3n) is 3.72. The Morgan fingerprint density at radius 3 is 2.67 bits per heavy atom. The number of nitrogens with zero attached hydrogens (tertiary/aromatic N) is 1. The van der Waals surface area contributed by atoms with Gasteiger partial charge in [0.15, 0.2) is 0 Å². The van der Waals surface area contributed by atoms with Crippen LogP contribution in [0.25, 0.3) is 6.08 Å². The van der Waals surface area contributed by atoms with Crippen LogP contribution in [0, 0.1) is 5.82 Å². The molecule has 0 fully saturated rings. The van der Waals surface area contributed by atoms with Crippen molar-refractivity contribution in [2.75, 3.05) is 26.9 Å². The predicted octanol–water partition coefficient (Wildman–Crippen LogP) is 2.53. The van der Waals surface area contributed by atoms with Crippen molar-refractivity contribution in [2.24, 2.45) is 0 Å². The molecule has 6 heteroatoms. The first-order valence-electron chi connectivity index (χ1n) is 7.66. The summed E-state index contributed by atoms with van der Waals surface area (Å²) in [4.78, 5) is 26.4. The second-order valence-corrected chi connectivity index (χ2v) is 5.21. The monoisotopic (exact) mass is 333 g/mol. The molecule has 0 radical (unpaired) electrons. The number of esters is 1. The van der Waals surface area contributed by atoms with E-state index in [-0.39, 0.29) is 29.2 Å². The number of halogens is 1. The molecular formula is C18H20FNO4. The number of methoxy groups -OCH3 is 1. The number of hydrogen-bond donors (Lipinski definition) is 0. The van der Waals surface area contributed by atoms with E-state index in [0.717, 1.165) is 0 Å². The molecule has 0 aliphatic carbocycles. The van der Waals surface area contributed by atoms with Gasteiger partial charge in [-0.3, -0.25) is 4.79 Å². The fourth-order valence-corrected chi connectivity index (χ4v) is 2.53. The van der Waals surface area contributed by atoms with Gasteiger partial charge in [-0.15, -0.1) is 0 Å². The van der Waals surface area contributed by atoms with Gasteiger partial charge >= 0.3 is 5.97 Å². The molecule has 1 aromatic carbocycles. The van der Waals surface area contributed by atoms with E-state index in [9.17, 15) is 14.0 Å². The van der Waals surface area contributed by atoms with E-state index in [2.05, 4.69) is 0 Å². The first-order chi connectivity index (χ1) is 11.5. The molecule has 0 saturated heterocycles. The topological polar surface area (TPSA) is 55.8 Å². The standard InChI is InChI=1S/C18H20FNO4/c1-4-24-18(22)16-12(2)20(9-10-23-3)17(21)14(16)11-13-7-5-6-8-15(13)19/h5-8,11H,4,9-10H2,1-3H3. The second-order valence-electron chi connectivity index (χ2n) is 5.21. The van der Waals surface area contributed by atoms with Gasteiger partial charge in [0.25, 0.3) is 5.91 Å². The van der Waals surface area contributed by atoms with Crippen LogP contribution in [0.15, 0.2) is 41.1 Å². The van der Waals surface area contributed by atoms with Gasteiger partial charge in [0.1, 0.15) is 5.82 Å². The molecule has 0 aromatic heterocycles. The lowest BCUT2D eigenvalue weighted by molar-refractivity contribution is -0.138. The van der Waals surface area contributed by atoms with Crippen molar-refractivity contribution in [2.45, 2.75) is 13.8 Å². The van der Waals surface area contributed by atoms with Crippen LogP contribution in [0.4, 0.5) is 4.39 Å². The van der Waals surface area contributed by atoms with Crippen molar-refractivity contribution < 1.29 is 23.5 Å². The highest BCUT2D eigenvalue weighted by atomic mass is 19.1. The third kappa shape index (κ3) is 3.54.